The van der Waals surface area contributed by atoms with Gasteiger partial charge in [-0.3, -0.25) is 4.79 Å². The molecule has 0 saturated heterocycles. The Morgan fingerprint density at radius 2 is 1.92 bits per heavy atom. The lowest BCUT2D eigenvalue weighted by Crippen LogP contribution is -2.22. The van der Waals surface area contributed by atoms with Crippen LogP contribution in [0.4, 0.5) is 0 Å². The van der Waals surface area contributed by atoms with Crippen molar-refractivity contribution >= 4 is 68.2 Å². The molecule has 0 radical (unpaired) electrons. The molecule has 0 atom stereocenters. The number of phenolic OH excluding ortho intramolecular Hbond substituents is 1. The van der Waals surface area contributed by atoms with E-state index in [9.17, 15) is 9.90 Å². The number of thiazole rings is 1. The summed E-state index contributed by atoms with van der Waals surface area (Å²) in [6.45, 7) is 0. The van der Waals surface area contributed by atoms with Crippen molar-refractivity contribution in [2.45, 2.75) is 0 Å². The molecule has 4 aromatic rings. The summed E-state index contributed by atoms with van der Waals surface area (Å²) in [6, 6.07) is 8.79. The van der Waals surface area contributed by atoms with E-state index in [1.807, 2.05) is 24.3 Å². The average molecular weight is 398 g/mol. The van der Waals surface area contributed by atoms with Crippen LogP contribution in [0.15, 0.2) is 35.1 Å². The van der Waals surface area contributed by atoms with Gasteiger partial charge in [0.25, 0.3) is 5.56 Å². The van der Waals surface area contributed by atoms with Crippen LogP contribution in [0.1, 0.15) is 5.56 Å². The van der Waals surface area contributed by atoms with E-state index in [1.54, 1.807) is 4.40 Å². The molecular formula is C16H7Cl3N2O2S. The van der Waals surface area contributed by atoms with Gasteiger partial charge in [0.1, 0.15) is 0 Å². The van der Waals surface area contributed by atoms with E-state index in [4.69, 9.17) is 34.8 Å². The third-order valence-electron chi connectivity index (χ3n) is 3.60. The minimum Gasteiger partial charge on any atom is -0.505 e. The lowest BCUT2D eigenvalue weighted by molar-refractivity contribution is 0.476. The standard InChI is InChI=1S/C16H7Cl3N2O2S/c17-8-6-9(18)14(22)13(19)7(8)5-12-15(23)21-11-4-2-1-3-10(11)20-16(21)24-12/h1-6,22H. The summed E-state index contributed by atoms with van der Waals surface area (Å²) >= 11 is 19.3. The Labute approximate surface area is 154 Å². The van der Waals surface area contributed by atoms with Gasteiger partial charge >= 0.3 is 0 Å². The highest BCUT2D eigenvalue weighted by Crippen LogP contribution is 2.39. The number of fused-ring (bicyclic) bond motifs is 3. The molecule has 0 bridgehead atoms. The lowest BCUT2D eigenvalue weighted by Gasteiger charge is -2.05. The number of rotatable bonds is 1. The summed E-state index contributed by atoms with van der Waals surface area (Å²) in [4.78, 5) is 17.7. The topological polar surface area (TPSA) is 54.6 Å². The molecule has 1 N–H and O–H groups in total. The van der Waals surface area contributed by atoms with Gasteiger partial charge in [-0.1, -0.05) is 58.3 Å². The fraction of sp³-hybridized carbons (Fsp3) is 0. The largest absolute Gasteiger partial charge is 0.505 e. The van der Waals surface area contributed by atoms with E-state index in [0.29, 0.717) is 15.1 Å². The molecule has 0 aliphatic heterocycles. The molecule has 2 aromatic carbocycles. The minimum atomic E-state index is -0.270. The second-order valence-corrected chi connectivity index (χ2v) is 7.25. The first-order chi connectivity index (χ1) is 11.5. The number of aromatic nitrogens is 2. The van der Waals surface area contributed by atoms with Crippen molar-refractivity contribution in [3.63, 3.8) is 0 Å². The highest BCUT2D eigenvalue weighted by atomic mass is 35.5. The van der Waals surface area contributed by atoms with E-state index in [-0.39, 0.29) is 26.4 Å². The Bertz CT molecular complexity index is 1230. The first-order valence-corrected chi connectivity index (χ1v) is 8.70. The van der Waals surface area contributed by atoms with Crippen LogP contribution in [0, 0.1) is 0 Å². The van der Waals surface area contributed by atoms with Crippen molar-refractivity contribution in [3.05, 3.63) is 65.8 Å². The van der Waals surface area contributed by atoms with E-state index in [0.717, 1.165) is 11.0 Å². The molecule has 0 fully saturated rings. The monoisotopic (exact) mass is 396 g/mol. The molecule has 0 aliphatic rings. The Morgan fingerprint density at radius 1 is 1.17 bits per heavy atom. The lowest BCUT2D eigenvalue weighted by atomic mass is 10.2. The number of phenols is 1. The molecule has 2 aromatic heterocycles. The zero-order chi connectivity index (χ0) is 17.0. The van der Waals surface area contributed by atoms with E-state index < -0.39 is 0 Å². The third-order valence-corrected chi connectivity index (χ3v) is 5.55. The average Bonchev–Trinajstić information content (AvgIpc) is 3.06. The maximum absolute atomic E-state index is 12.7. The number of hydrogen-bond acceptors (Lipinski definition) is 4. The molecule has 24 heavy (non-hydrogen) atoms. The summed E-state index contributed by atoms with van der Waals surface area (Å²) in [7, 11) is 0. The summed E-state index contributed by atoms with van der Waals surface area (Å²) in [5.74, 6) is -0.270. The molecule has 0 aliphatic carbocycles. The summed E-state index contributed by atoms with van der Waals surface area (Å²) in [5, 5.41) is 10.2. The van der Waals surface area contributed by atoms with Gasteiger partial charge in [0.15, 0.2) is 10.7 Å². The van der Waals surface area contributed by atoms with Gasteiger partial charge in [-0.25, -0.2) is 9.38 Å². The second-order valence-electron chi connectivity index (χ2n) is 5.05. The third kappa shape index (κ3) is 2.28. The Balaban J connectivity index is 2.05. The van der Waals surface area contributed by atoms with Crippen LogP contribution in [0.25, 0.3) is 22.1 Å². The van der Waals surface area contributed by atoms with Crippen LogP contribution < -0.4 is 10.1 Å². The van der Waals surface area contributed by atoms with Crippen LogP contribution >= 0.6 is 46.1 Å². The molecule has 4 rings (SSSR count). The highest BCUT2D eigenvalue weighted by Gasteiger charge is 2.15. The first-order valence-electron chi connectivity index (χ1n) is 6.75. The molecule has 120 valence electrons. The smallest absolute Gasteiger partial charge is 0.274 e. The van der Waals surface area contributed by atoms with E-state index in [2.05, 4.69) is 4.98 Å². The molecule has 0 unspecified atom stereocenters. The summed E-state index contributed by atoms with van der Waals surface area (Å²) < 4.78 is 1.96. The Kier molecular flexibility index (Phi) is 3.69. The number of imidazole rings is 1. The van der Waals surface area contributed by atoms with Crippen molar-refractivity contribution in [1.82, 2.24) is 9.38 Å². The van der Waals surface area contributed by atoms with Crippen LogP contribution in [-0.2, 0) is 0 Å². The van der Waals surface area contributed by atoms with Gasteiger partial charge in [0.05, 0.1) is 30.6 Å². The molecule has 2 heterocycles. The molecular weight excluding hydrogens is 391 g/mol. The van der Waals surface area contributed by atoms with Crippen molar-refractivity contribution in [3.8, 4) is 5.75 Å². The van der Waals surface area contributed by atoms with Crippen LogP contribution in [0.3, 0.4) is 0 Å². The van der Waals surface area contributed by atoms with Crippen LogP contribution in [0.5, 0.6) is 5.75 Å². The van der Waals surface area contributed by atoms with Crippen molar-refractivity contribution in [2.75, 3.05) is 0 Å². The van der Waals surface area contributed by atoms with Gasteiger partial charge in [-0.15, -0.1) is 0 Å². The first kappa shape index (κ1) is 15.7. The number of benzene rings is 2. The van der Waals surface area contributed by atoms with Crippen molar-refractivity contribution in [2.24, 2.45) is 0 Å². The van der Waals surface area contributed by atoms with Gasteiger partial charge in [0, 0.05) is 5.56 Å². The normalized spacial score (nSPS) is 12.5. The van der Waals surface area contributed by atoms with Crippen molar-refractivity contribution in [1.29, 1.82) is 0 Å². The number of hydrogen-bond donors (Lipinski definition) is 1. The fourth-order valence-electron chi connectivity index (χ4n) is 2.47. The number of aromatic hydroxyl groups is 1. The zero-order valence-electron chi connectivity index (χ0n) is 11.8. The zero-order valence-corrected chi connectivity index (χ0v) is 14.8. The van der Waals surface area contributed by atoms with Crippen LogP contribution in [0.2, 0.25) is 15.1 Å². The predicted molar refractivity (Wildman–Crippen MR) is 98.8 cm³/mol. The number of nitrogens with zero attached hydrogens (tertiary/aromatic N) is 2. The van der Waals surface area contributed by atoms with Gasteiger partial charge in [0.2, 0.25) is 0 Å². The maximum atomic E-state index is 12.7. The summed E-state index contributed by atoms with van der Waals surface area (Å²) in [6.07, 6.45) is 1.54. The molecule has 8 heteroatoms. The highest BCUT2D eigenvalue weighted by molar-refractivity contribution is 7.15. The maximum Gasteiger partial charge on any atom is 0.274 e. The predicted octanol–water partition coefficient (Wildman–Crippen LogP) is 4.12. The molecule has 0 amide bonds. The SMILES string of the molecule is O=c1c(=Cc2c(Cl)cc(Cl)c(O)c2Cl)sc2nc3ccccc3n12. The van der Waals surface area contributed by atoms with E-state index >= 15 is 0 Å². The van der Waals surface area contributed by atoms with E-state index in [1.165, 1.54) is 23.5 Å². The molecule has 0 spiro atoms. The fourth-order valence-corrected chi connectivity index (χ4v) is 4.31. The van der Waals surface area contributed by atoms with Crippen LogP contribution in [-0.4, -0.2) is 14.5 Å². The summed E-state index contributed by atoms with van der Waals surface area (Å²) in [5.41, 5.74) is 1.62. The minimum absolute atomic E-state index is 0.00259. The van der Waals surface area contributed by atoms with Gasteiger partial charge in [-0.2, -0.15) is 0 Å². The number of para-hydroxylation sites is 2. The number of halogens is 3. The van der Waals surface area contributed by atoms with Crippen molar-refractivity contribution < 1.29 is 5.11 Å². The quantitative estimate of drug-likeness (QED) is 0.525. The van der Waals surface area contributed by atoms with Gasteiger partial charge in [-0.05, 0) is 24.3 Å². The molecule has 0 saturated carbocycles. The molecule has 4 nitrogen and oxygen atoms in total. The Hall–Kier alpha value is -1.79. The Morgan fingerprint density at radius 3 is 2.71 bits per heavy atom. The second kappa shape index (κ2) is 5.63. The van der Waals surface area contributed by atoms with Gasteiger partial charge < -0.3 is 5.11 Å².